The molecule has 0 heterocycles. The molecule has 2 rings (SSSR count). The van der Waals surface area contributed by atoms with Gasteiger partial charge in [0, 0.05) is 6.04 Å². The van der Waals surface area contributed by atoms with Gasteiger partial charge in [-0.1, -0.05) is 31.9 Å². The number of primary sulfonamides is 1. The van der Waals surface area contributed by atoms with Crippen LogP contribution in [-0.2, 0) is 10.0 Å². The Bertz CT molecular complexity index is 679. The molecule has 126 valence electrons. The molecule has 0 saturated heterocycles. The van der Waals surface area contributed by atoms with Crippen molar-refractivity contribution < 1.29 is 17.9 Å². The maximum atomic E-state index is 12.5. The van der Waals surface area contributed by atoms with Crippen LogP contribution < -0.4 is 15.2 Å². The molecule has 1 fully saturated rings. The van der Waals surface area contributed by atoms with Crippen molar-refractivity contribution in [1.29, 1.82) is 0 Å². The van der Waals surface area contributed by atoms with Gasteiger partial charge in [0.2, 0.25) is 10.0 Å². The molecule has 1 amide bonds. The second kappa shape index (κ2) is 7.61. The van der Waals surface area contributed by atoms with Crippen LogP contribution in [0.4, 0.5) is 0 Å². The summed E-state index contributed by atoms with van der Waals surface area (Å²) in [5.74, 6) is -0.0351. The molecule has 1 aliphatic carbocycles. The van der Waals surface area contributed by atoms with E-state index in [0.29, 0.717) is 5.75 Å². The number of rotatable bonds is 6. The average Bonchev–Trinajstić information content (AvgIpc) is 2.52. The zero-order valence-corrected chi connectivity index (χ0v) is 13.8. The van der Waals surface area contributed by atoms with E-state index in [0.717, 1.165) is 25.7 Å². The first-order chi connectivity index (χ1) is 10.9. The van der Waals surface area contributed by atoms with Crippen molar-refractivity contribution in [2.45, 2.75) is 43.0 Å². The minimum atomic E-state index is -3.88. The lowest BCUT2D eigenvalue weighted by atomic mass is 9.95. The zero-order valence-electron chi connectivity index (χ0n) is 13.0. The summed E-state index contributed by atoms with van der Waals surface area (Å²) in [5, 5.41) is 8.09. The molecule has 0 bridgehead atoms. The van der Waals surface area contributed by atoms with Crippen molar-refractivity contribution in [3.05, 3.63) is 36.4 Å². The lowest BCUT2D eigenvalue weighted by molar-refractivity contribution is 0.0924. The van der Waals surface area contributed by atoms with E-state index in [4.69, 9.17) is 9.88 Å². The van der Waals surface area contributed by atoms with Crippen molar-refractivity contribution in [3.8, 4) is 5.75 Å². The monoisotopic (exact) mass is 338 g/mol. The fourth-order valence-corrected chi connectivity index (χ4v) is 3.19. The quantitative estimate of drug-likeness (QED) is 0.775. The van der Waals surface area contributed by atoms with Gasteiger partial charge < -0.3 is 10.1 Å². The van der Waals surface area contributed by atoms with Crippen LogP contribution in [0.5, 0.6) is 5.75 Å². The number of sulfonamides is 1. The number of carbonyl (C=O) groups excluding carboxylic acids is 1. The molecular weight excluding hydrogens is 316 g/mol. The molecule has 1 aliphatic rings. The van der Waals surface area contributed by atoms with Crippen LogP contribution >= 0.6 is 0 Å². The van der Waals surface area contributed by atoms with Gasteiger partial charge in [-0.3, -0.25) is 4.79 Å². The smallest absolute Gasteiger partial charge is 0.255 e. The summed E-state index contributed by atoms with van der Waals surface area (Å²) in [4.78, 5) is 12.4. The van der Waals surface area contributed by atoms with Crippen LogP contribution in [0.2, 0.25) is 0 Å². The van der Waals surface area contributed by atoms with Crippen molar-refractivity contribution >= 4 is 15.9 Å². The number of hydrogen-bond donors (Lipinski definition) is 2. The maximum absolute atomic E-state index is 12.5. The first kappa shape index (κ1) is 17.5. The third-order valence-electron chi connectivity index (χ3n) is 3.82. The van der Waals surface area contributed by atoms with Crippen molar-refractivity contribution in [2.24, 2.45) is 5.14 Å². The molecule has 0 atom stereocenters. The highest BCUT2D eigenvalue weighted by Crippen LogP contribution is 2.24. The van der Waals surface area contributed by atoms with Gasteiger partial charge in [0.1, 0.15) is 12.4 Å². The maximum Gasteiger partial charge on any atom is 0.255 e. The van der Waals surface area contributed by atoms with Crippen LogP contribution in [0, 0.1) is 0 Å². The minimum absolute atomic E-state index is 0.113. The van der Waals surface area contributed by atoms with Crippen LogP contribution in [0.3, 0.4) is 0 Å². The Morgan fingerprint density at radius 3 is 2.65 bits per heavy atom. The third kappa shape index (κ3) is 4.80. The predicted molar refractivity (Wildman–Crippen MR) is 87.8 cm³/mol. The van der Waals surface area contributed by atoms with Gasteiger partial charge in [0.15, 0.2) is 0 Å². The van der Waals surface area contributed by atoms with E-state index in [1.54, 1.807) is 6.08 Å². The second-order valence-corrected chi connectivity index (χ2v) is 7.17. The normalized spacial score (nSPS) is 15.9. The Morgan fingerprint density at radius 1 is 1.35 bits per heavy atom. The molecule has 7 heteroatoms. The Morgan fingerprint density at radius 2 is 2.04 bits per heavy atom. The van der Waals surface area contributed by atoms with Gasteiger partial charge in [0.05, 0.1) is 10.5 Å². The molecule has 3 N–H and O–H groups in total. The molecule has 1 saturated carbocycles. The second-order valence-electron chi connectivity index (χ2n) is 5.61. The van der Waals surface area contributed by atoms with Gasteiger partial charge in [-0.25, -0.2) is 13.6 Å². The molecule has 0 aliphatic heterocycles. The summed E-state index contributed by atoms with van der Waals surface area (Å²) in [7, 11) is -3.88. The number of benzene rings is 1. The molecule has 0 radical (unpaired) electrons. The van der Waals surface area contributed by atoms with E-state index in [9.17, 15) is 13.2 Å². The number of nitrogens with one attached hydrogen (secondary N) is 1. The summed E-state index contributed by atoms with van der Waals surface area (Å²) in [6.45, 7) is 3.78. The largest absolute Gasteiger partial charge is 0.489 e. The van der Waals surface area contributed by atoms with Crippen LogP contribution in [-0.4, -0.2) is 27.0 Å². The summed E-state index contributed by atoms with van der Waals surface area (Å²) in [5.41, 5.74) is 0.170. The Kier molecular flexibility index (Phi) is 5.79. The minimum Gasteiger partial charge on any atom is -0.489 e. The van der Waals surface area contributed by atoms with Gasteiger partial charge in [-0.2, -0.15) is 0 Å². The van der Waals surface area contributed by atoms with Crippen molar-refractivity contribution in [2.75, 3.05) is 6.61 Å². The first-order valence-electron chi connectivity index (χ1n) is 7.63. The summed E-state index contributed by atoms with van der Waals surface area (Å²) >= 11 is 0. The van der Waals surface area contributed by atoms with E-state index in [1.807, 2.05) is 0 Å². The van der Waals surface area contributed by atoms with Gasteiger partial charge in [-0.15, -0.1) is 0 Å². The first-order valence-corrected chi connectivity index (χ1v) is 9.18. The molecule has 0 unspecified atom stereocenters. The molecule has 1 aromatic carbocycles. The number of hydrogen-bond acceptors (Lipinski definition) is 4. The number of amides is 1. The number of nitrogens with two attached hydrogens (primary N) is 1. The summed E-state index contributed by atoms with van der Waals surface area (Å²) < 4.78 is 28.5. The molecule has 23 heavy (non-hydrogen) atoms. The van der Waals surface area contributed by atoms with Crippen molar-refractivity contribution in [3.63, 3.8) is 0 Å². The fraction of sp³-hybridized carbons (Fsp3) is 0.438. The van der Waals surface area contributed by atoms with E-state index >= 15 is 0 Å². The highest BCUT2D eigenvalue weighted by Gasteiger charge is 2.21. The molecule has 0 aromatic heterocycles. The molecule has 1 aromatic rings. The van der Waals surface area contributed by atoms with Crippen LogP contribution in [0.1, 0.15) is 42.5 Å². The van der Waals surface area contributed by atoms with E-state index in [2.05, 4.69) is 11.9 Å². The lowest BCUT2D eigenvalue weighted by Crippen LogP contribution is -2.36. The molecular formula is C16H22N2O4S. The van der Waals surface area contributed by atoms with E-state index < -0.39 is 10.0 Å². The summed E-state index contributed by atoms with van der Waals surface area (Å²) in [6, 6.07) is 4.14. The average molecular weight is 338 g/mol. The fourth-order valence-electron chi connectivity index (χ4n) is 2.65. The van der Waals surface area contributed by atoms with E-state index in [1.165, 1.54) is 24.6 Å². The highest BCUT2D eigenvalue weighted by atomic mass is 32.2. The van der Waals surface area contributed by atoms with Gasteiger partial charge in [0.25, 0.3) is 5.91 Å². The zero-order chi connectivity index (χ0) is 16.9. The lowest BCUT2D eigenvalue weighted by Gasteiger charge is -2.23. The standard InChI is InChI=1S/C16H22N2O4S/c1-2-10-22-15-9-8-13(23(17,20)21)11-14(15)16(19)18-12-6-4-3-5-7-12/h2,8-9,11-12H,1,3-7,10H2,(H,18,19)(H2,17,20,21). The van der Waals surface area contributed by atoms with E-state index in [-0.39, 0.29) is 29.0 Å². The topological polar surface area (TPSA) is 98.5 Å². The predicted octanol–water partition coefficient (Wildman–Crippen LogP) is 1.96. The third-order valence-corrected chi connectivity index (χ3v) is 4.73. The van der Waals surface area contributed by atoms with Crippen molar-refractivity contribution in [1.82, 2.24) is 5.32 Å². The summed E-state index contributed by atoms with van der Waals surface area (Å²) in [6.07, 6.45) is 6.77. The molecule has 6 nitrogen and oxygen atoms in total. The SMILES string of the molecule is C=CCOc1ccc(S(N)(=O)=O)cc1C(=O)NC1CCCCC1. The van der Waals surface area contributed by atoms with Crippen LogP contribution in [0.15, 0.2) is 35.7 Å². The van der Waals surface area contributed by atoms with Gasteiger partial charge in [-0.05, 0) is 31.0 Å². The number of carbonyl (C=O) groups is 1. The Hall–Kier alpha value is -1.86. The Labute approximate surface area is 136 Å². The van der Waals surface area contributed by atoms with Gasteiger partial charge >= 0.3 is 0 Å². The highest BCUT2D eigenvalue weighted by molar-refractivity contribution is 7.89. The molecule has 0 spiro atoms. The number of ether oxygens (including phenoxy) is 1. The Balaban J connectivity index is 2.27. The van der Waals surface area contributed by atoms with Crippen LogP contribution in [0.25, 0.3) is 0 Å².